The molecule has 0 N–H and O–H groups in total. The Kier molecular flexibility index (Phi) is 5.22. The summed E-state index contributed by atoms with van der Waals surface area (Å²) in [4.78, 5) is 4.15. The molecule has 0 bridgehead atoms. The highest BCUT2D eigenvalue weighted by molar-refractivity contribution is 5.61. The van der Waals surface area contributed by atoms with E-state index in [1.165, 1.54) is 12.1 Å². The Labute approximate surface area is 170 Å². The number of fused-ring (bicyclic) bond motifs is 1. The molecular weight excluding hydrogens is 392 g/mol. The molecule has 0 saturated heterocycles. The van der Waals surface area contributed by atoms with Gasteiger partial charge in [-0.05, 0) is 48.9 Å². The minimum Gasteiger partial charge on any atom is -0.470 e. The highest BCUT2D eigenvalue weighted by Gasteiger charge is 2.16. The third-order valence-electron chi connectivity index (χ3n) is 4.43. The summed E-state index contributed by atoms with van der Waals surface area (Å²) >= 11 is 0. The lowest BCUT2D eigenvalue weighted by Gasteiger charge is -2.16. The van der Waals surface area contributed by atoms with Crippen molar-refractivity contribution in [1.29, 1.82) is 5.26 Å². The van der Waals surface area contributed by atoms with Gasteiger partial charge in [0.25, 0.3) is 0 Å². The SMILES string of the molecule is CC(Oc1cncc2nnc(-c3ccc(OC(F)F)cc3)n12)c1ccc(C#N)cc1. The Balaban J connectivity index is 1.66. The number of alkyl halides is 2. The maximum absolute atomic E-state index is 12.4. The molecule has 9 heteroatoms. The summed E-state index contributed by atoms with van der Waals surface area (Å²) in [5, 5.41) is 17.2. The Morgan fingerprint density at radius 1 is 0.967 bits per heavy atom. The zero-order valence-corrected chi connectivity index (χ0v) is 15.7. The second kappa shape index (κ2) is 8.13. The lowest BCUT2D eigenvalue weighted by molar-refractivity contribution is -0.0498. The third kappa shape index (κ3) is 3.89. The van der Waals surface area contributed by atoms with Gasteiger partial charge in [-0.15, -0.1) is 10.2 Å². The normalized spacial score (nSPS) is 12.0. The van der Waals surface area contributed by atoms with Gasteiger partial charge in [-0.1, -0.05) is 12.1 Å². The number of benzene rings is 2. The monoisotopic (exact) mass is 407 g/mol. The lowest BCUT2D eigenvalue weighted by Crippen LogP contribution is -2.07. The van der Waals surface area contributed by atoms with E-state index in [1.807, 2.05) is 19.1 Å². The van der Waals surface area contributed by atoms with Gasteiger partial charge in [0.1, 0.15) is 11.9 Å². The van der Waals surface area contributed by atoms with Crippen molar-refractivity contribution in [2.45, 2.75) is 19.6 Å². The van der Waals surface area contributed by atoms with Crippen LogP contribution in [0.4, 0.5) is 8.78 Å². The highest BCUT2D eigenvalue weighted by atomic mass is 19.3. The van der Waals surface area contributed by atoms with Crippen LogP contribution in [0.2, 0.25) is 0 Å². The summed E-state index contributed by atoms with van der Waals surface area (Å²) in [5.74, 6) is 0.936. The molecule has 4 aromatic rings. The third-order valence-corrected chi connectivity index (χ3v) is 4.43. The molecule has 0 amide bonds. The Hall–Kier alpha value is -4.06. The fourth-order valence-corrected chi connectivity index (χ4v) is 2.96. The van der Waals surface area contributed by atoms with Gasteiger partial charge >= 0.3 is 6.61 Å². The van der Waals surface area contributed by atoms with Gasteiger partial charge in [0.2, 0.25) is 5.88 Å². The minimum absolute atomic E-state index is 0.0511. The molecule has 7 nitrogen and oxygen atoms in total. The number of ether oxygens (including phenoxy) is 2. The van der Waals surface area contributed by atoms with Gasteiger partial charge in [-0.25, -0.2) is 4.40 Å². The number of rotatable bonds is 6. The van der Waals surface area contributed by atoms with Crippen molar-refractivity contribution in [3.63, 3.8) is 0 Å². The van der Waals surface area contributed by atoms with E-state index >= 15 is 0 Å². The number of nitriles is 1. The van der Waals surface area contributed by atoms with E-state index in [0.717, 1.165) is 5.56 Å². The molecule has 150 valence electrons. The summed E-state index contributed by atoms with van der Waals surface area (Å²) < 4.78 is 36.9. The van der Waals surface area contributed by atoms with Crippen LogP contribution in [0, 0.1) is 11.3 Å². The van der Waals surface area contributed by atoms with Gasteiger partial charge in [-0.3, -0.25) is 4.98 Å². The van der Waals surface area contributed by atoms with Crippen molar-refractivity contribution in [1.82, 2.24) is 19.6 Å². The van der Waals surface area contributed by atoms with Crippen LogP contribution in [0.25, 0.3) is 17.0 Å². The fourth-order valence-electron chi connectivity index (χ4n) is 2.96. The average molecular weight is 407 g/mol. The summed E-state index contributed by atoms with van der Waals surface area (Å²) in [7, 11) is 0. The molecule has 4 rings (SSSR count). The predicted octanol–water partition coefficient (Wildman–Crippen LogP) is 4.40. The molecule has 1 unspecified atom stereocenters. The number of hydrogen-bond donors (Lipinski definition) is 0. The fraction of sp³-hybridized carbons (Fsp3) is 0.143. The second-order valence-electron chi connectivity index (χ2n) is 6.36. The maximum atomic E-state index is 12.4. The van der Waals surface area contributed by atoms with E-state index < -0.39 is 6.61 Å². The summed E-state index contributed by atoms with van der Waals surface area (Å²) in [6.07, 6.45) is 2.76. The highest BCUT2D eigenvalue weighted by Crippen LogP contribution is 2.28. The number of nitrogens with zero attached hydrogens (tertiary/aromatic N) is 5. The first-order chi connectivity index (χ1) is 14.5. The van der Waals surface area contributed by atoms with E-state index in [9.17, 15) is 8.78 Å². The van der Waals surface area contributed by atoms with Crippen LogP contribution in [-0.2, 0) is 0 Å². The van der Waals surface area contributed by atoms with Crippen LogP contribution in [0.1, 0.15) is 24.2 Å². The zero-order valence-electron chi connectivity index (χ0n) is 15.7. The van der Waals surface area contributed by atoms with Crippen LogP contribution in [0.5, 0.6) is 11.6 Å². The minimum atomic E-state index is -2.89. The first-order valence-corrected chi connectivity index (χ1v) is 8.96. The largest absolute Gasteiger partial charge is 0.470 e. The maximum Gasteiger partial charge on any atom is 0.387 e. The first-order valence-electron chi connectivity index (χ1n) is 8.96. The molecular formula is C21H15F2N5O2. The first kappa shape index (κ1) is 19.3. The van der Waals surface area contributed by atoms with Crippen LogP contribution >= 0.6 is 0 Å². The van der Waals surface area contributed by atoms with Crippen molar-refractivity contribution in [2.75, 3.05) is 0 Å². The number of aromatic nitrogens is 4. The summed E-state index contributed by atoms with van der Waals surface area (Å²) in [6.45, 7) is -1.01. The topological polar surface area (TPSA) is 85.3 Å². The molecule has 1 atom stereocenters. The predicted molar refractivity (Wildman–Crippen MR) is 103 cm³/mol. The van der Waals surface area contributed by atoms with E-state index in [4.69, 9.17) is 10.00 Å². The molecule has 0 fully saturated rings. The van der Waals surface area contributed by atoms with Crippen molar-refractivity contribution in [3.8, 4) is 29.1 Å². The van der Waals surface area contributed by atoms with Crippen LogP contribution in [0.15, 0.2) is 60.9 Å². The van der Waals surface area contributed by atoms with Crippen molar-refractivity contribution < 1.29 is 18.3 Å². The van der Waals surface area contributed by atoms with Gasteiger partial charge in [0.15, 0.2) is 11.5 Å². The molecule has 0 spiro atoms. The number of hydrogen-bond acceptors (Lipinski definition) is 6. The molecule has 0 saturated carbocycles. The van der Waals surface area contributed by atoms with E-state index in [1.54, 1.807) is 41.1 Å². The van der Waals surface area contributed by atoms with Crippen LogP contribution < -0.4 is 9.47 Å². The molecule has 0 radical (unpaired) electrons. The van der Waals surface area contributed by atoms with E-state index in [0.29, 0.717) is 28.5 Å². The van der Waals surface area contributed by atoms with E-state index in [2.05, 4.69) is 26.0 Å². The Morgan fingerprint density at radius 3 is 2.37 bits per heavy atom. The molecule has 2 aromatic carbocycles. The molecule has 0 aliphatic rings. The average Bonchev–Trinajstić information content (AvgIpc) is 3.19. The van der Waals surface area contributed by atoms with Crippen LogP contribution in [-0.4, -0.2) is 26.2 Å². The molecule has 30 heavy (non-hydrogen) atoms. The van der Waals surface area contributed by atoms with Crippen LogP contribution in [0.3, 0.4) is 0 Å². The molecule has 0 aliphatic carbocycles. The van der Waals surface area contributed by atoms with Crippen molar-refractivity contribution >= 4 is 5.65 Å². The molecule has 0 aliphatic heterocycles. The Bertz CT molecular complexity index is 1200. The lowest BCUT2D eigenvalue weighted by atomic mass is 10.1. The van der Waals surface area contributed by atoms with Gasteiger partial charge < -0.3 is 9.47 Å². The van der Waals surface area contributed by atoms with Crippen molar-refractivity contribution in [3.05, 3.63) is 72.1 Å². The smallest absolute Gasteiger partial charge is 0.387 e. The van der Waals surface area contributed by atoms with Gasteiger partial charge in [0, 0.05) is 5.56 Å². The zero-order chi connectivity index (χ0) is 21.1. The quantitative estimate of drug-likeness (QED) is 0.471. The number of halogens is 2. The van der Waals surface area contributed by atoms with Gasteiger partial charge in [0.05, 0.1) is 24.0 Å². The van der Waals surface area contributed by atoms with Gasteiger partial charge in [-0.2, -0.15) is 14.0 Å². The Morgan fingerprint density at radius 2 is 1.70 bits per heavy atom. The molecule has 2 heterocycles. The summed E-state index contributed by atoms with van der Waals surface area (Å²) in [5.41, 5.74) is 2.57. The van der Waals surface area contributed by atoms with E-state index in [-0.39, 0.29) is 11.9 Å². The second-order valence-corrected chi connectivity index (χ2v) is 6.36. The van der Waals surface area contributed by atoms with Crippen molar-refractivity contribution in [2.24, 2.45) is 0 Å². The summed E-state index contributed by atoms with van der Waals surface area (Å²) in [6, 6.07) is 15.3. The molecule has 2 aromatic heterocycles. The standard InChI is InChI=1S/C21H15F2N5O2/c1-13(15-4-2-14(10-24)3-5-15)29-19-12-25-11-18-26-27-20(28(18)19)16-6-8-17(9-7-16)30-21(22)23/h2-9,11-13,21H,1H3.